The molecule has 1 aliphatic rings. The number of nitrogens with zero attached hydrogens (tertiary/aromatic N) is 5. The topological polar surface area (TPSA) is 103 Å². The van der Waals surface area contributed by atoms with Crippen molar-refractivity contribution in [2.24, 2.45) is 7.05 Å². The van der Waals surface area contributed by atoms with Gasteiger partial charge in [0.05, 0.1) is 11.0 Å². The van der Waals surface area contributed by atoms with Crippen LogP contribution in [0.4, 0.5) is 11.6 Å². The molecule has 38 heavy (non-hydrogen) atoms. The predicted molar refractivity (Wildman–Crippen MR) is 160 cm³/mol. The Kier molecular flexibility index (Phi) is 7.45. The number of hydrogen-bond donors (Lipinski definition) is 2. The number of nitrogens with two attached hydrogens (primary N) is 1. The molecule has 0 radical (unpaired) electrons. The Morgan fingerprint density at radius 2 is 2.03 bits per heavy atom. The first-order valence-corrected chi connectivity index (χ1v) is 19.6. The normalized spacial score (nSPS) is 16.6. The molecule has 4 aromatic rings. The molecule has 1 aliphatic heterocycles. The van der Waals surface area contributed by atoms with Gasteiger partial charge in [-0.25, -0.2) is 4.98 Å². The summed E-state index contributed by atoms with van der Waals surface area (Å²) < 4.78 is 12.8. The van der Waals surface area contributed by atoms with Crippen molar-refractivity contribution in [2.45, 2.75) is 58.0 Å². The number of carbonyl (C=O) groups is 1. The van der Waals surface area contributed by atoms with Gasteiger partial charge in [0.1, 0.15) is 21.5 Å². The van der Waals surface area contributed by atoms with Gasteiger partial charge < -0.3 is 24.9 Å². The number of amides is 1. The summed E-state index contributed by atoms with van der Waals surface area (Å²) in [5, 5.41) is 9.12. The zero-order valence-electron chi connectivity index (χ0n) is 23.1. The van der Waals surface area contributed by atoms with Gasteiger partial charge in [-0.05, 0) is 49.3 Å². The number of fused-ring (bicyclic) bond motifs is 2. The van der Waals surface area contributed by atoms with Gasteiger partial charge >= 0.3 is 0 Å². The van der Waals surface area contributed by atoms with Crippen LogP contribution >= 0.6 is 0 Å². The highest BCUT2D eigenvalue weighted by Crippen LogP contribution is 2.26. The quantitative estimate of drug-likeness (QED) is 0.233. The van der Waals surface area contributed by atoms with Crippen LogP contribution in [0, 0.1) is 0 Å². The second kappa shape index (κ2) is 10.6. The lowest BCUT2D eigenvalue weighted by molar-refractivity contribution is 0.0876. The number of nitrogens with one attached hydrogen (secondary N) is 1. The predicted octanol–water partition coefficient (Wildman–Crippen LogP) is 4.63. The van der Waals surface area contributed by atoms with Gasteiger partial charge in [-0.15, -0.1) is 0 Å². The van der Waals surface area contributed by atoms with E-state index in [1.54, 1.807) is 16.8 Å². The molecule has 202 valence electrons. The third-order valence-electron chi connectivity index (χ3n) is 7.53. The van der Waals surface area contributed by atoms with E-state index in [4.69, 9.17) is 10.5 Å². The number of ether oxygens (including phenoxy) is 1. The zero-order valence-corrected chi connectivity index (χ0v) is 25.3. The molecule has 5 rings (SSSR count). The summed E-state index contributed by atoms with van der Waals surface area (Å²) in [7, 11) is -0.195. The van der Waals surface area contributed by atoms with E-state index in [-0.39, 0.29) is 5.91 Å². The number of hydrogen-bond acceptors (Lipinski definition) is 6. The highest BCUT2D eigenvalue weighted by atomic mass is 28.3. The fourth-order valence-corrected chi connectivity index (χ4v) is 8.17. The number of nitrogen functional groups attached to an aromatic ring is 1. The fourth-order valence-electron chi connectivity index (χ4n) is 5.15. The summed E-state index contributed by atoms with van der Waals surface area (Å²) in [4.78, 5) is 17.7. The van der Waals surface area contributed by atoms with E-state index in [1.807, 2.05) is 25.4 Å². The van der Waals surface area contributed by atoms with E-state index in [1.165, 1.54) is 24.7 Å². The van der Waals surface area contributed by atoms with Gasteiger partial charge in [0.15, 0.2) is 5.82 Å². The van der Waals surface area contributed by atoms with Gasteiger partial charge in [-0.3, -0.25) is 9.48 Å². The van der Waals surface area contributed by atoms with E-state index < -0.39 is 17.0 Å². The first-order valence-electron chi connectivity index (χ1n) is 13.4. The average molecular weight is 550 g/mol. The number of anilines is 2. The van der Waals surface area contributed by atoms with Crippen LogP contribution in [-0.2, 0) is 25.1 Å². The maximum absolute atomic E-state index is 13.1. The van der Waals surface area contributed by atoms with Crippen molar-refractivity contribution in [3.8, 4) is 0 Å². The number of aryl methyl sites for hydroxylation is 1. The van der Waals surface area contributed by atoms with Gasteiger partial charge in [0.25, 0.3) is 5.91 Å². The van der Waals surface area contributed by atoms with Crippen molar-refractivity contribution in [1.29, 1.82) is 0 Å². The molecule has 1 atom stereocenters. The van der Waals surface area contributed by atoms with E-state index >= 15 is 0 Å². The van der Waals surface area contributed by atoms with Crippen LogP contribution in [0.15, 0.2) is 36.5 Å². The minimum Gasteiger partial charge on any atom is -0.382 e. The van der Waals surface area contributed by atoms with Crippen molar-refractivity contribution in [1.82, 2.24) is 23.9 Å². The third kappa shape index (κ3) is 5.70. The summed E-state index contributed by atoms with van der Waals surface area (Å²) in [5.41, 5.74) is 9.58. The fraction of sp³-hybridized carbons (Fsp3) is 0.444. The number of pyridine rings is 1. The zero-order chi connectivity index (χ0) is 27.0. The van der Waals surface area contributed by atoms with Crippen molar-refractivity contribution in [2.75, 3.05) is 24.2 Å². The van der Waals surface area contributed by atoms with Gasteiger partial charge in [-0.2, -0.15) is 5.10 Å². The Balaban J connectivity index is 1.40. The highest BCUT2D eigenvalue weighted by molar-refractivity contribution is 6.76. The van der Waals surface area contributed by atoms with E-state index in [2.05, 4.69) is 56.8 Å². The van der Waals surface area contributed by atoms with Crippen molar-refractivity contribution < 1.29 is 9.53 Å². The van der Waals surface area contributed by atoms with Crippen LogP contribution in [0.5, 0.6) is 0 Å². The molecule has 0 bridgehead atoms. The molecular formula is C27H39N7O2Si2. The summed E-state index contributed by atoms with van der Waals surface area (Å²) in [6.07, 6.45) is 3.15. The Labute approximate surface area is 226 Å². The van der Waals surface area contributed by atoms with Gasteiger partial charge in [-0.1, -0.05) is 26.2 Å². The molecule has 0 aliphatic carbocycles. The maximum Gasteiger partial charge on any atom is 0.256 e. The smallest absolute Gasteiger partial charge is 0.256 e. The van der Waals surface area contributed by atoms with Crippen LogP contribution in [0.25, 0.3) is 21.8 Å². The molecule has 4 heterocycles. The standard InChI is InChI=1S/C27H39N7O2Si2/c1-32-24-14-19(7-8-22(24)26(28)31-32)27(35)30-25-15-23-20(16-29-25)13-21(17-33-9-6-11-37(33)2)34(23)18-36-10-12-38(3,4)5/h7-8,13-16,37H,6,9-12,17-18H2,1-5H3,(H2,28,31)(H,29,30,35)/t37-/m0/s1. The lowest BCUT2D eigenvalue weighted by Crippen LogP contribution is -2.31. The molecule has 1 aromatic carbocycles. The molecule has 11 heteroatoms. The lowest BCUT2D eigenvalue weighted by Gasteiger charge is -2.22. The molecular weight excluding hydrogens is 511 g/mol. The van der Waals surface area contributed by atoms with Crippen LogP contribution in [0.2, 0.25) is 38.3 Å². The molecule has 0 unspecified atom stereocenters. The Morgan fingerprint density at radius 3 is 2.76 bits per heavy atom. The van der Waals surface area contributed by atoms with E-state index in [0.29, 0.717) is 23.9 Å². The van der Waals surface area contributed by atoms with Crippen molar-refractivity contribution in [3.05, 3.63) is 47.8 Å². The van der Waals surface area contributed by atoms with E-state index in [0.717, 1.165) is 41.0 Å². The Hall–Kier alpha value is -3.00. The monoisotopic (exact) mass is 549 g/mol. The molecule has 1 amide bonds. The van der Waals surface area contributed by atoms with Crippen LogP contribution in [-0.4, -0.2) is 60.0 Å². The summed E-state index contributed by atoms with van der Waals surface area (Å²) in [6, 6.07) is 12.1. The molecule has 0 saturated carbocycles. The highest BCUT2D eigenvalue weighted by Gasteiger charge is 2.24. The van der Waals surface area contributed by atoms with E-state index in [9.17, 15) is 4.79 Å². The molecule has 3 N–H and O–H groups in total. The number of aromatic nitrogens is 4. The first-order chi connectivity index (χ1) is 18.1. The van der Waals surface area contributed by atoms with Gasteiger partial charge in [0, 0.05) is 62.6 Å². The SMILES string of the molecule is Cn1nc(N)c2ccc(C(=O)Nc3cc4c(cn3)cc(CN3CCC[Si@@H]3C)n4COCC[Si](C)(C)C)cc21. The third-order valence-corrected chi connectivity index (χ3v) is 12.2. The largest absolute Gasteiger partial charge is 0.382 e. The van der Waals surface area contributed by atoms with Crippen molar-refractivity contribution >= 4 is 56.4 Å². The number of benzene rings is 1. The average Bonchev–Trinajstić information content (AvgIpc) is 3.51. The first kappa shape index (κ1) is 26.6. The van der Waals surface area contributed by atoms with Crippen LogP contribution < -0.4 is 11.1 Å². The minimum absolute atomic E-state index is 0.222. The van der Waals surface area contributed by atoms with Crippen molar-refractivity contribution in [3.63, 3.8) is 0 Å². The number of rotatable bonds is 9. The molecule has 1 saturated heterocycles. The lowest BCUT2D eigenvalue weighted by atomic mass is 10.1. The minimum atomic E-state index is -1.17. The summed E-state index contributed by atoms with van der Waals surface area (Å²) in [5.74, 6) is 0.750. The second-order valence-electron chi connectivity index (χ2n) is 11.7. The summed E-state index contributed by atoms with van der Waals surface area (Å²) >= 11 is 0. The molecule has 1 fully saturated rings. The molecule has 3 aromatic heterocycles. The Morgan fingerprint density at radius 1 is 1.21 bits per heavy atom. The van der Waals surface area contributed by atoms with Crippen LogP contribution in [0.3, 0.4) is 0 Å². The summed E-state index contributed by atoms with van der Waals surface area (Å²) in [6.45, 7) is 12.9. The van der Waals surface area contributed by atoms with Crippen LogP contribution in [0.1, 0.15) is 22.5 Å². The molecule has 9 nitrogen and oxygen atoms in total. The van der Waals surface area contributed by atoms with Gasteiger partial charge in [0.2, 0.25) is 0 Å². The number of carbonyl (C=O) groups excluding carboxylic acids is 1. The Bertz CT molecular complexity index is 1470. The second-order valence-corrected chi connectivity index (χ2v) is 20.3. The maximum atomic E-state index is 13.1. The molecule has 0 spiro atoms.